The lowest BCUT2D eigenvalue weighted by atomic mass is 10.0. The average molecular weight is 357 g/mol. The Labute approximate surface area is 152 Å². The maximum Gasteiger partial charge on any atom is 0.331 e. The average Bonchev–Trinajstić information content (AvgIpc) is 3.18. The molecule has 1 aromatic carbocycles. The standard InChI is InChI=1S/C19H23N3O4/c1-12-7-4-5-9-14(12)22-15-10-6-8-13(15)16(21-22)17(23)20-19(2,11-26-3)18(24)25/h4-5,7,9H,6,8,10-11H2,1-3H3,(H,20,23)(H,24,25). The van der Waals surface area contributed by atoms with Gasteiger partial charge in [-0.3, -0.25) is 4.79 Å². The molecular formula is C19H23N3O4. The van der Waals surface area contributed by atoms with Crippen molar-refractivity contribution < 1.29 is 19.4 Å². The first-order chi connectivity index (χ1) is 12.4. The van der Waals surface area contributed by atoms with Gasteiger partial charge in [0.05, 0.1) is 12.3 Å². The van der Waals surface area contributed by atoms with E-state index in [0.29, 0.717) is 5.69 Å². The van der Waals surface area contributed by atoms with Crippen LogP contribution < -0.4 is 5.32 Å². The maximum absolute atomic E-state index is 12.8. The molecule has 3 rings (SSSR count). The van der Waals surface area contributed by atoms with Crippen LogP contribution >= 0.6 is 0 Å². The minimum absolute atomic E-state index is 0.130. The maximum atomic E-state index is 12.8. The molecule has 0 fully saturated rings. The number of benzene rings is 1. The molecule has 0 bridgehead atoms. The van der Waals surface area contributed by atoms with Crippen molar-refractivity contribution in [3.63, 3.8) is 0 Å². The topological polar surface area (TPSA) is 93.5 Å². The van der Waals surface area contributed by atoms with Crippen LogP contribution in [0.25, 0.3) is 5.69 Å². The lowest BCUT2D eigenvalue weighted by molar-refractivity contribution is -0.145. The fourth-order valence-electron chi connectivity index (χ4n) is 3.37. The van der Waals surface area contributed by atoms with E-state index in [2.05, 4.69) is 10.4 Å². The predicted molar refractivity (Wildman–Crippen MR) is 95.7 cm³/mol. The van der Waals surface area contributed by atoms with E-state index in [1.54, 1.807) is 0 Å². The van der Waals surface area contributed by atoms with Crippen LogP contribution in [0.4, 0.5) is 0 Å². The lowest BCUT2D eigenvalue weighted by Gasteiger charge is -2.24. The number of carboxylic acids is 1. The van der Waals surface area contributed by atoms with Crippen molar-refractivity contribution in [1.29, 1.82) is 0 Å². The summed E-state index contributed by atoms with van der Waals surface area (Å²) in [5, 5.41) is 16.6. The molecule has 1 unspecified atom stereocenters. The van der Waals surface area contributed by atoms with E-state index in [1.165, 1.54) is 14.0 Å². The first-order valence-corrected chi connectivity index (χ1v) is 8.59. The van der Waals surface area contributed by atoms with Crippen LogP contribution in [0, 0.1) is 6.92 Å². The van der Waals surface area contributed by atoms with Gasteiger partial charge in [0.2, 0.25) is 0 Å². The predicted octanol–water partition coefficient (Wildman–Crippen LogP) is 1.89. The Morgan fingerprint density at radius 1 is 1.35 bits per heavy atom. The molecule has 7 nitrogen and oxygen atoms in total. The number of para-hydroxylation sites is 1. The number of carboxylic acid groups (broad SMARTS) is 1. The number of nitrogens with zero attached hydrogens (tertiary/aromatic N) is 2. The summed E-state index contributed by atoms with van der Waals surface area (Å²) in [5.41, 5.74) is 2.70. The van der Waals surface area contributed by atoms with Crippen LogP contribution in [0.15, 0.2) is 24.3 Å². The summed E-state index contributed by atoms with van der Waals surface area (Å²) in [5.74, 6) is -1.64. The molecule has 1 heterocycles. The first kappa shape index (κ1) is 18.1. The van der Waals surface area contributed by atoms with E-state index in [-0.39, 0.29) is 6.61 Å². The quantitative estimate of drug-likeness (QED) is 0.823. The van der Waals surface area contributed by atoms with E-state index in [1.807, 2.05) is 35.9 Å². The zero-order valence-electron chi connectivity index (χ0n) is 15.2. The van der Waals surface area contributed by atoms with Gasteiger partial charge >= 0.3 is 5.97 Å². The number of nitrogens with one attached hydrogen (secondary N) is 1. The SMILES string of the molecule is COCC(C)(NC(=O)c1nn(-c2ccccc2C)c2c1CCC2)C(=O)O. The smallest absolute Gasteiger partial charge is 0.331 e. The molecule has 0 radical (unpaired) electrons. The molecule has 0 saturated heterocycles. The number of aromatic nitrogens is 2. The van der Waals surface area contributed by atoms with Gasteiger partial charge in [-0.25, -0.2) is 9.48 Å². The second kappa shape index (κ2) is 6.92. The molecule has 1 amide bonds. The Balaban J connectivity index is 1.99. The molecule has 1 aliphatic carbocycles. The van der Waals surface area contributed by atoms with Gasteiger partial charge in [-0.2, -0.15) is 5.10 Å². The molecule has 1 aliphatic rings. The molecule has 7 heteroatoms. The number of amides is 1. The minimum Gasteiger partial charge on any atom is -0.479 e. The van der Waals surface area contributed by atoms with Gasteiger partial charge in [-0.05, 0) is 44.7 Å². The second-order valence-corrected chi connectivity index (χ2v) is 6.85. The van der Waals surface area contributed by atoms with Crippen molar-refractivity contribution >= 4 is 11.9 Å². The molecule has 0 aliphatic heterocycles. The van der Waals surface area contributed by atoms with Crippen LogP contribution in [-0.2, 0) is 22.4 Å². The van der Waals surface area contributed by atoms with Gasteiger partial charge in [-0.1, -0.05) is 18.2 Å². The fraction of sp³-hybridized carbons (Fsp3) is 0.421. The monoisotopic (exact) mass is 357 g/mol. The van der Waals surface area contributed by atoms with Gasteiger partial charge in [0, 0.05) is 18.4 Å². The highest BCUT2D eigenvalue weighted by Crippen LogP contribution is 2.29. The van der Waals surface area contributed by atoms with Crippen molar-refractivity contribution in [3.8, 4) is 5.69 Å². The van der Waals surface area contributed by atoms with Crippen LogP contribution in [0.2, 0.25) is 0 Å². The Kier molecular flexibility index (Phi) is 4.82. The van der Waals surface area contributed by atoms with E-state index in [4.69, 9.17) is 4.74 Å². The molecule has 0 spiro atoms. The van der Waals surface area contributed by atoms with Crippen molar-refractivity contribution in [2.75, 3.05) is 13.7 Å². The molecule has 1 atom stereocenters. The number of carbonyl (C=O) groups is 2. The van der Waals surface area contributed by atoms with Crippen LogP contribution in [0.3, 0.4) is 0 Å². The summed E-state index contributed by atoms with van der Waals surface area (Å²) < 4.78 is 6.79. The Bertz CT molecular complexity index is 858. The number of hydrogen-bond acceptors (Lipinski definition) is 4. The van der Waals surface area contributed by atoms with Gasteiger partial charge < -0.3 is 15.2 Å². The summed E-state index contributed by atoms with van der Waals surface area (Å²) in [6.07, 6.45) is 2.56. The Hall–Kier alpha value is -2.67. The number of fused-ring (bicyclic) bond motifs is 1. The normalized spacial score (nSPS) is 15.3. The van der Waals surface area contributed by atoms with Crippen LogP contribution in [-0.4, -0.2) is 46.0 Å². The molecule has 2 aromatic rings. The number of aliphatic carboxylic acids is 1. The number of hydrogen-bond donors (Lipinski definition) is 2. The van der Waals surface area contributed by atoms with Crippen LogP contribution in [0.5, 0.6) is 0 Å². The number of ether oxygens (including phenoxy) is 1. The van der Waals surface area contributed by atoms with Gasteiger partial charge in [-0.15, -0.1) is 0 Å². The van der Waals surface area contributed by atoms with Crippen molar-refractivity contribution in [3.05, 3.63) is 46.8 Å². The third-order valence-electron chi connectivity index (χ3n) is 4.78. The highest BCUT2D eigenvalue weighted by atomic mass is 16.5. The Morgan fingerprint density at radius 3 is 2.73 bits per heavy atom. The summed E-state index contributed by atoms with van der Waals surface area (Å²) in [4.78, 5) is 24.4. The number of carbonyl (C=O) groups excluding carboxylic acids is 1. The molecule has 0 saturated carbocycles. The molecule has 26 heavy (non-hydrogen) atoms. The largest absolute Gasteiger partial charge is 0.479 e. The van der Waals surface area contributed by atoms with E-state index in [0.717, 1.165) is 41.8 Å². The highest BCUT2D eigenvalue weighted by Gasteiger charge is 2.37. The van der Waals surface area contributed by atoms with Gasteiger partial charge in [0.25, 0.3) is 5.91 Å². The third kappa shape index (κ3) is 3.10. The number of aryl methyl sites for hydroxylation is 1. The Morgan fingerprint density at radius 2 is 2.08 bits per heavy atom. The fourth-order valence-corrected chi connectivity index (χ4v) is 3.37. The molecule has 138 valence electrons. The number of methoxy groups -OCH3 is 1. The zero-order chi connectivity index (χ0) is 18.9. The van der Waals surface area contributed by atoms with E-state index in [9.17, 15) is 14.7 Å². The lowest BCUT2D eigenvalue weighted by Crippen LogP contribution is -2.55. The van der Waals surface area contributed by atoms with Gasteiger partial charge in [0.1, 0.15) is 0 Å². The summed E-state index contributed by atoms with van der Waals surface area (Å²) in [6, 6.07) is 7.86. The molecular weight excluding hydrogens is 334 g/mol. The molecule has 2 N–H and O–H groups in total. The van der Waals surface area contributed by atoms with Crippen molar-refractivity contribution in [1.82, 2.24) is 15.1 Å². The highest BCUT2D eigenvalue weighted by molar-refractivity contribution is 5.97. The zero-order valence-corrected chi connectivity index (χ0v) is 15.2. The first-order valence-electron chi connectivity index (χ1n) is 8.59. The van der Waals surface area contributed by atoms with E-state index < -0.39 is 17.4 Å². The van der Waals surface area contributed by atoms with Crippen molar-refractivity contribution in [2.24, 2.45) is 0 Å². The summed E-state index contributed by atoms with van der Waals surface area (Å²) >= 11 is 0. The minimum atomic E-state index is -1.51. The third-order valence-corrected chi connectivity index (χ3v) is 4.78. The molecule has 1 aromatic heterocycles. The van der Waals surface area contributed by atoms with Crippen molar-refractivity contribution in [2.45, 2.75) is 38.6 Å². The van der Waals surface area contributed by atoms with E-state index >= 15 is 0 Å². The second-order valence-electron chi connectivity index (χ2n) is 6.85. The van der Waals surface area contributed by atoms with Crippen LogP contribution in [0.1, 0.15) is 40.7 Å². The summed E-state index contributed by atoms with van der Waals surface area (Å²) in [6.45, 7) is 3.29. The number of rotatable bonds is 6. The summed E-state index contributed by atoms with van der Waals surface area (Å²) in [7, 11) is 1.40. The van der Waals surface area contributed by atoms with Gasteiger partial charge in [0.15, 0.2) is 11.2 Å².